The molecule has 0 bridgehead atoms. The van der Waals surface area contributed by atoms with E-state index in [2.05, 4.69) is 20.8 Å². The number of carbonyl (C=O) groups is 4. The molecule has 2 atom stereocenters. The number of hydrogen-bond donors (Lipinski definition) is 4. The van der Waals surface area contributed by atoms with Crippen LogP contribution in [0.3, 0.4) is 0 Å². The number of nitrogens with one attached hydrogen (secondary N) is 2. The topological polar surface area (TPSA) is 186 Å². The number of allylic oxidation sites excluding steroid dienone is 1. The number of anilines is 1. The Hall–Kier alpha value is -6.71. The maximum Gasteiger partial charge on any atom is 0.352 e. The molecule has 5 aromatic rings. The lowest BCUT2D eigenvalue weighted by Crippen LogP contribution is -2.71. The molecule has 0 radical (unpaired) electrons. The Balaban J connectivity index is 1.16. The summed E-state index contributed by atoms with van der Waals surface area (Å²) in [5, 5.41) is 21.8. The van der Waals surface area contributed by atoms with Gasteiger partial charge in [-0.1, -0.05) is 108 Å². The number of rotatable bonds is 12. The van der Waals surface area contributed by atoms with Crippen LogP contribution in [0.4, 0.5) is 5.13 Å². The zero-order valence-electron chi connectivity index (χ0n) is 31.0. The molecule has 58 heavy (non-hydrogen) atoms. The molecule has 3 aliphatic rings. The highest BCUT2D eigenvalue weighted by molar-refractivity contribution is 8.00. The highest BCUT2D eigenvalue weighted by atomic mass is 32.2. The number of fused-ring (bicyclic) bond motifs is 1. The number of hydrogen-bond acceptors (Lipinski definition) is 11. The first kappa shape index (κ1) is 38.2. The zero-order valence-corrected chi connectivity index (χ0v) is 32.6. The second kappa shape index (κ2) is 16.0. The van der Waals surface area contributed by atoms with E-state index in [9.17, 15) is 24.3 Å². The molecule has 4 heterocycles. The lowest BCUT2D eigenvalue weighted by Gasteiger charge is -2.49. The summed E-state index contributed by atoms with van der Waals surface area (Å²) in [4.78, 5) is 66.7. The number of ether oxygens (including phenoxy) is 1. The van der Waals surface area contributed by atoms with Crippen LogP contribution in [0.15, 0.2) is 143 Å². The predicted molar refractivity (Wildman–Crippen MR) is 221 cm³/mol. The van der Waals surface area contributed by atoms with Gasteiger partial charge in [0, 0.05) is 45.5 Å². The lowest BCUT2D eigenvalue weighted by atomic mass is 9.80. The van der Waals surface area contributed by atoms with Crippen LogP contribution in [0.2, 0.25) is 0 Å². The molecule has 8 rings (SSSR count). The van der Waals surface area contributed by atoms with Crippen molar-refractivity contribution >= 4 is 63.2 Å². The Labute approximate surface area is 341 Å². The summed E-state index contributed by atoms with van der Waals surface area (Å²) >= 11 is 2.38. The van der Waals surface area contributed by atoms with Crippen molar-refractivity contribution in [2.45, 2.75) is 23.4 Å². The van der Waals surface area contributed by atoms with E-state index in [-0.39, 0.29) is 33.9 Å². The summed E-state index contributed by atoms with van der Waals surface area (Å²) in [6.45, 7) is 0.394. The van der Waals surface area contributed by atoms with E-state index in [0.717, 1.165) is 28.0 Å². The van der Waals surface area contributed by atoms with Gasteiger partial charge in [-0.25, -0.2) is 9.78 Å². The highest BCUT2D eigenvalue weighted by Crippen LogP contribution is 2.46. The third-order valence-corrected chi connectivity index (χ3v) is 12.1. The van der Waals surface area contributed by atoms with Crippen molar-refractivity contribution < 1.29 is 33.9 Å². The molecule has 15 heteroatoms. The number of nitrogen functional groups attached to an aromatic ring is 1. The number of β-lactam (4-membered cyclic amide) rings is 1. The average molecular weight is 813 g/mol. The number of oxime groups is 1. The third kappa shape index (κ3) is 6.88. The molecule has 0 aliphatic carbocycles. The van der Waals surface area contributed by atoms with Crippen molar-refractivity contribution in [1.29, 1.82) is 0 Å². The van der Waals surface area contributed by atoms with E-state index in [1.54, 1.807) is 29.6 Å². The van der Waals surface area contributed by atoms with Crippen LogP contribution < -0.4 is 21.1 Å². The van der Waals surface area contributed by atoms with Crippen LogP contribution in [0.1, 0.15) is 34.4 Å². The van der Waals surface area contributed by atoms with Crippen molar-refractivity contribution in [3.63, 3.8) is 0 Å². The second-order valence-electron chi connectivity index (χ2n) is 13.5. The maximum absolute atomic E-state index is 14.4. The summed E-state index contributed by atoms with van der Waals surface area (Å²) in [6.07, 6.45) is 0.369. The number of thioether (sulfide) groups is 1. The van der Waals surface area contributed by atoms with Gasteiger partial charge in [0.2, 0.25) is 11.5 Å². The monoisotopic (exact) mass is 812 g/mol. The number of amides is 3. The molecule has 3 aliphatic heterocycles. The number of carbonyl (C=O) groups excluding carboxylic acids is 3. The number of nitrogens with two attached hydrogens (primary N) is 1. The SMILES string of the molecule is COc1cccc(C(=C2CCNC2=O)C2=C(C(=O)O)N3C(=O)[C@@H](NC(=O)C(=NOC(c4ccccc4)(c4ccccc4)c4ccccc4)c4csc(N)n4)[C@H]3SC2)c1. The second-order valence-corrected chi connectivity index (χ2v) is 15.5. The van der Waals surface area contributed by atoms with Gasteiger partial charge in [0.05, 0.1) is 7.11 Å². The van der Waals surface area contributed by atoms with Gasteiger partial charge in [-0.05, 0) is 29.7 Å². The number of benzene rings is 4. The summed E-state index contributed by atoms with van der Waals surface area (Å²) in [5.41, 5.74) is 8.29. The average Bonchev–Trinajstić information content (AvgIpc) is 3.89. The van der Waals surface area contributed by atoms with Crippen molar-refractivity contribution in [3.8, 4) is 5.75 Å². The Morgan fingerprint density at radius 2 is 1.59 bits per heavy atom. The lowest BCUT2D eigenvalue weighted by molar-refractivity contribution is -0.150. The Morgan fingerprint density at radius 1 is 0.948 bits per heavy atom. The van der Waals surface area contributed by atoms with Crippen molar-refractivity contribution in [2.24, 2.45) is 5.16 Å². The molecular weight excluding hydrogens is 777 g/mol. The largest absolute Gasteiger partial charge is 0.497 e. The maximum atomic E-state index is 14.4. The smallest absolute Gasteiger partial charge is 0.352 e. The van der Waals surface area contributed by atoms with E-state index in [0.29, 0.717) is 41.0 Å². The zero-order chi connectivity index (χ0) is 40.4. The minimum Gasteiger partial charge on any atom is -0.497 e. The summed E-state index contributed by atoms with van der Waals surface area (Å²) in [5.74, 6) is -2.42. The van der Waals surface area contributed by atoms with E-state index in [4.69, 9.17) is 15.3 Å². The fourth-order valence-corrected chi connectivity index (χ4v) is 9.38. The van der Waals surface area contributed by atoms with Crippen LogP contribution in [-0.2, 0) is 29.6 Å². The fraction of sp³-hybridized carbons (Fsp3) is 0.163. The molecule has 3 amide bonds. The highest BCUT2D eigenvalue weighted by Gasteiger charge is 2.55. The number of aromatic nitrogens is 1. The summed E-state index contributed by atoms with van der Waals surface area (Å²) in [6, 6.07) is 34.3. The standard InChI is InChI=1S/C43H36N6O7S2/c1-55-29-19-11-12-25(22-29)33(30-20-21-45-37(30)50)31-23-57-40-35(39(52)49(40)36(31)41(53)54)47-38(51)34(32-24-58-42(44)46-32)48-56-43(26-13-5-2-6-14-26,27-15-7-3-8-16-27)28-17-9-4-10-18-28/h2-19,22,24,35,40H,20-21,23H2,1H3,(H2,44,46)(H,45,50)(H,47,51)(H,53,54)/t35-,40-/m1/s1. The van der Waals surface area contributed by atoms with E-state index in [1.807, 2.05) is 91.0 Å². The Morgan fingerprint density at radius 3 is 2.12 bits per heavy atom. The van der Waals surface area contributed by atoms with Crippen molar-refractivity contribution in [2.75, 3.05) is 25.1 Å². The van der Waals surface area contributed by atoms with Crippen LogP contribution in [-0.4, -0.2) is 75.2 Å². The number of carboxylic acids is 1. The predicted octanol–water partition coefficient (Wildman–Crippen LogP) is 5.16. The molecule has 2 saturated heterocycles. The minimum absolute atomic E-state index is 0.126. The summed E-state index contributed by atoms with van der Waals surface area (Å²) < 4.78 is 5.43. The first-order valence-electron chi connectivity index (χ1n) is 18.2. The Kier molecular flexibility index (Phi) is 10.6. The van der Waals surface area contributed by atoms with Gasteiger partial charge in [0.1, 0.15) is 28.6 Å². The van der Waals surface area contributed by atoms with Crippen molar-refractivity contribution in [1.82, 2.24) is 20.5 Å². The van der Waals surface area contributed by atoms with Gasteiger partial charge in [-0.15, -0.1) is 23.1 Å². The number of carboxylic acid groups (broad SMARTS) is 1. The molecule has 0 unspecified atom stereocenters. The van der Waals surface area contributed by atoms with Crippen LogP contribution in [0.5, 0.6) is 5.75 Å². The van der Waals surface area contributed by atoms with Gasteiger partial charge in [0.25, 0.3) is 11.8 Å². The van der Waals surface area contributed by atoms with Crippen molar-refractivity contribution in [3.05, 3.63) is 165 Å². The molecule has 0 spiro atoms. The number of aliphatic carboxylic acids is 1. The van der Waals surface area contributed by atoms with Crippen LogP contribution in [0.25, 0.3) is 5.57 Å². The Bertz CT molecular complexity index is 2410. The first-order chi connectivity index (χ1) is 28.2. The number of thiazole rings is 1. The number of nitrogens with zero attached hydrogens (tertiary/aromatic N) is 3. The van der Waals surface area contributed by atoms with Crippen LogP contribution >= 0.6 is 23.1 Å². The molecule has 1 aromatic heterocycles. The van der Waals surface area contributed by atoms with Gasteiger partial charge in [-0.3, -0.25) is 19.3 Å². The fourth-order valence-electron chi connectivity index (χ4n) is 7.48. The van der Waals surface area contributed by atoms with Gasteiger partial charge in [0.15, 0.2) is 10.8 Å². The molecule has 2 fully saturated rings. The van der Waals surface area contributed by atoms with E-state index >= 15 is 0 Å². The van der Waals surface area contributed by atoms with Gasteiger partial charge >= 0.3 is 5.97 Å². The first-order valence-corrected chi connectivity index (χ1v) is 20.2. The quantitative estimate of drug-likeness (QED) is 0.0432. The molecule has 4 aromatic carbocycles. The van der Waals surface area contributed by atoms with Crippen LogP contribution in [0, 0.1) is 0 Å². The molecular formula is C43H36N6O7S2. The summed E-state index contributed by atoms with van der Waals surface area (Å²) in [7, 11) is 1.52. The van der Waals surface area contributed by atoms with Gasteiger partial charge in [-0.2, -0.15) is 0 Å². The van der Waals surface area contributed by atoms with E-state index < -0.39 is 34.8 Å². The molecule has 292 valence electrons. The molecule has 13 nitrogen and oxygen atoms in total. The molecule has 5 N–H and O–H groups in total. The third-order valence-electron chi connectivity index (χ3n) is 10.1. The van der Waals surface area contributed by atoms with E-state index in [1.165, 1.54) is 23.8 Å². The minimum atomic E-state index is -1.34. The number of methoxy groups -OCH3 is 1. The molecule has 0 saturated carbocycles. The normalized spacial score (nSPS) is 18.8. The van der Waals surface area contributed by atoms with Gasteiger partial charge < -0.3 is 31.0 Å².